The lowest BCUT2D eigenvalue weighted by atomic mass is 9.69. The van der Waals surface area contributed by atoms with E-state index in [2.05, 4.69) is 27.6 Å². The van der Waals surface area contributed by atoms with Crippen LogP contribution < -0.4 is 5.32 Å². The zero-order valence-electron chi connectivity index (χ0n) is 10.1. The summed E-state index contributed by atoms with van der Waals surface area (Å²) in [6.07, 6.45) is 6.10. The van der Waals surface area contributed by atoms with Crippen molar-refractivity contribution in [1.29, 1.82) is 0 Å². The molecule has 94 valence electrons. The lowest BCUT2D eigenvalue weighted by Gasteiger charge is -2.37. The lowest BCUT2D eigenvalue weighted by molar-refractivity contribution is 0.362. The number of nitrogens with one attached hydrogen (secondary N) is 2. The van der Waals surface area contributed by atoms with Crippen LogP contribution in [-0.4, -0.2) is 23.3 Å². The Labute approximate surface area is 112 Å². The van der Waals surface area contributed by atoms with E-state index in [1.165, 1.54) is 11.1 Å². The third kappa shape index (κ3) is 1.93. The highest BCUT2D eigenvalue weighted by Crippen LogP contribution is 2.40. The van der Waals surface area contributed by atoms with Crippen LogP contribution in [0, 0.1) is 0 Å². The SMILES string of the molecule is Clc1cccc(C2(c3cn[nH]c3)CCNCC2)c1. The Hall–Kier alpha value is -1.32. The van der Waals surface area contributed by atoms with Gasteiger partial charge in [-0.2, -0.15) is 5.10 Å². The molecule has 2 N–H and O–H groups in total. The molecule has 0 aliphatic carbocycles. The zero-order valence-corrected chi connectivity index (χ0v) is 10.9. The van der Waals surface area contributed by atoms with Gasteiger partial charge in [0, 0.05) is 22.2 Å². The molecule has 1 saturated heterocycles. The Morgan fingerprint density at radius 3 is 2.67 bits per heavy atom. The number of aromatic amines is 1. The van der Waals surface area contributed by atoms with Crippen LogP contribution in [0.5, 0.6) is 0 Å². The molecule has 1 fully saturated rings. The van der Waals surface area contributed by atoms with Crippen molar-refractivity contribution >= 4 is 11.6 Å². The van der Waals surface area contributed by atoms with Crippen LogP contribution in [0.2, 0.25) is 5.02 Å². The topological polar surface area (TPSA) is 40.7 Å². The molecular formula is C14H16ClN3. The molecule has 4 heteroatoms. The molecule has 2 heterocycles. The maximum Gasteiger partial charge on any atom is 0.0528 e. The van der Waals surface area contributed by atoms with Crippen LogP contribution in [0.4, 0.5) is 0 Å². The molecule has 2 aromatic rings. The van der Waals surface area contributed by atoms with Crippen molar-refractivity contribution in [2.24, 2.45) is 0 Å². The first-order chi connectivity index (χ1) is 8.81. The first-order valence-corrected chi connectivity index (χ1v) is 6.65. The van der Waals surface area contributed by atoms with Gasteiger partial charge >= 0.3 is 0 Å². The van der Waals surface area contributed by atoms with E-state index in [0.717, 1.165) is 31.0 Å². The Kier molecular flexibility index (Phi) is 3.10. The molecule has 1 aliphatic rings. The number of nitrogens with zero attached hydrogens (tertiary/aromatic N) is 1. The number of aromatic nitrogens is 2. The first kappa shape index (κ1) is 11.8. The van der Waals surface area contributed by atoms with Gasteiger partial charge in [-0.15, -0.1) is 0 Å². The summed E-state index contributed by atoms with van der Waals surface area (Å²) in [4.78, 5) is 0. The average Bonchev–Trinajstić information content (AvgIpc) is 2.94. The number of piperidine rings is 1. The molecule has 0 bridgehead atoms. The summed E-state index contributed by atoms with van der Waals surface area (Å²) in [7, 11) is 0. The summed E-state index contributed by atoms with van der Waals surface area (Å²) in [6.45, 7) is 2.05. The van der Waals surface area contributed by atoms with Crippen molar-refractivity contribution in [2.45, 2.75) is 18.3 Å². The average molecular weight is 262 g/mol. The fraction of sp³-hybridized carbons (Fsp3) is 0.357. The van der Waals surface area contributed by atoms with Crippen LogP contribution in [-0.2, 0) is 5.41 Å². The first-order valence-electron chi connectivity index (χ1n) is 6.27. The molecule has 18 heavy (non-hydrogen) atoms. The van der Waals surface area contributed by atoms with Crippen molar-refractivity contribution in [3.63, 3.8) is 0 Å². The molecule has 0 unspecified atom stereocenters. The molecule has 3 rings (SSSR count). The summed E-state index contributed by atoms with van der Waals surface area (Å²) in [5.74, 6) is 0. The van der Waals surface area contributed by atoms with Crippen LogP contribution in [0.3, 0.4) is 0 Å². The van der Waals surface area contributed by atoms with E-state index in [-0.39, 0.29) is 5.41 Å². The molecule has 1 aromatic heterocycles. The van der Waals surface area contributed by atoms with Gasteiger partial charge in [0.05, 0.1) is 6.20 Å². The highest BCUT2D eigenvalue weighted by atomic mass is 35.5. The van der Waals surface area contributed by atoms with Gasteiger partial charge in [0.25, 0.3) is 0 Å². The van der Waals surface area contributed by atoms with E-state index in [4.69, 9.17) is 11.6 Å². The van der Waals surface area contributed by atoms with Gasteiger partial charge in [-0.05, 0) is 43.6 Å². The van der Waals surface area contributed by atoms with E-state index < -0.39 is 0 Å². The van der Waals surface area contributed by atoms with Crippen LogP contribution in [0.15, 0.2) is 36.7 Å². The van der Waals surface area contributed by atoms with Gasteiger partial charge < -0.3 is 5.32 Å². The number of benzene rings is 1. The highest BCUT2D eigenvalue weighted by Gasteiger charge is 2.36. The second-order valence-electron chi connectivity index (χ2n) is 4.83. The van der Waals surface area contributed by atoms with Gasteiger partial charge in [0.1, 0.15) is 0 Å². The normalized spacial score (nSPS) is 18.7. The Morgan fingerprint density at radius 1 is 1.17 bits per heavy atom. The maximum absolute atomic E-state index is 6.15. The van der Waals surface area contributed by atoms with E-state index in [1.54, 1.807) is 0 Å². The lowest BCUT2D eigenvalue weighted by Crippen LogP contribution is -2.40. The Bertz CT molecular complexity index is 516. The molecular weight excluding hydrogens is 246 g/mol. The number of hydrogen-bond donors (Lipinski definition) is 2. The van der Waals surface area contributed by atoms with Crippen molar-refractivity contribution < 1.29 is 0 Å². The largest absolute Gasteiger partial charge is 0.317 e. The van der Waals surface area contributed by atoms with Crippen molar-refractivity contribution in [3.8, 4) is 0 Å². The molecule has 0 saturated carbocycles. The summed E-state index contributed by atoms with van der Waals surface area (Å²) in [5.41, 5.74) is 2.59. The second kappa shape index (κ2) is 4.75. The third-order valence-electron chi connectivity index (χ3n) is 3.89. The number of hydrogen-bond acceptors (Lipinski definition) is 2. The maximum atomic E-state index is 6.15. The van der Waals surface area contributed by atoms with Crippen LogP contribution in [0.1, 0.15) is 24.0 Å². The second-order valence-corrected chi connectivity index (χ2v) is 5.27. The molecule has 0 radical (unpaired) electrons. The van der Waals surface area contributed by atoms with Crippen molar-refractivity contribution in [2.75, 3.05) is 13.1 Å². The Balaban J connectivity index is 2.10. The van der Waals surface area contributed by atoms with E-state index in [1.807, 2.05) is 24.5 Å². The fourth-order valence-corrected chi connectivity index (χ4v) is 3.09. The van der Waals surface area contributed by atoms with Gasteiger partial charge in [-0.1, -0.05) is 23.7 Å². The van der Waals surface area contributed by atoms with E-state index in [0.29, 0.717) is 0 Å². The van der Waals surface area contributed by atoms with Gasteiger partial charge in [0.15, 0.2) is 0 Å². The predicted octanol–water partition coefficient (Wildman–Crippen LogP) is 2.73. The predicted molar refractivity (Wildman–Crippen MR) is 72.9 cm³/mol. The van der Waals surface area contributed by atoms with E-state index in [9.17, 15) is 0 Å². The number of rotatable bonds is 2. The van der Waals surface area contributed by atoms with Crippen molar-refractivity contribution in [1.82, 2.24) is 15.5 Å². The minimum Gasteiger partial charge on any atom is -0.317 e. The molecule has 3 nitrogen and oxygen atoms in total. The quantitative estimate of drug-likeness (QED) is 0.873. The standard InChI is InChI=1S/C14H16ClN3/c15-13-3-1-2-11(8-13)14(4-6-16-7-5-14)12-9-17-18-10-12/h1-3,8-10,16H,4-7H2,(H,17,18). The van der Waals surface area contributed by atoms with Crippen molar-refractivity contribution in [3.05, 3.63) is 52.8 Å². The third-order valence-corrected chi connectivity index (χ3v) is 4.12. The minimum atomic E-state index is 0.0448. The Morgan fingerprint density at radius 2 is 2.00 bits per heavy atom. The molecule has 1 aromatic carbocycles. The van der Waals surface area contributed by atoms with Gasteiger partial charge in [0.2, 0.25) is 0 Å². The van der Waals surface area contributed by atoms with Gasteiger partial charge in [-0.3, -0.25) is 5.10 Å². The van der Waals surface area contributed by atoms with E-state index >= 15 is 0 Å². The molecule has 1 aliphatic heterocycles. The summed E-state index contributed by atoms with van der Waals surface area (Å²) in [5, 5.41) is 11.3. The highest BCUT2D eigenvalue weighted by molar-refractivity contribution is 6.30. The molecule has 0 amide bonds. The smallest absolute Gasteiger partial charge is 0.0528 e. The van der Waals surface area contributed by atoms with Crippen LogP contribution >= 0.6 is 11.6 Å². The molecule has 0 atom stereocenters. The summed E-state index contributed by atoms with van der Waals surface area (Å²) < 4.78 is 0. The number of H-pyrrole nitrogens is 1. The fourth-order valence-electron chi connectivity index (χ4n) is 2.90. The molecule has 0 spiro atoms. The zero-order chi connectivity index (χ0) is 12.4. The monoisotopic (exact) mass is 261 g/mol. The number of halogens is 1. The van der Waals surface area contributed by atoms with Crippen LogP contribution in [0.25, 0.3) is 0 Å². The summed E-state index contributed by atoms with van der Waals surface area (Å²) in [6, 6.07) is 8.21. The minimum absolute atomic E-state index is 0.0448. The van der Waals surface area contributed by atoms with Gasteiger partial charge in [-0.25, -0.2) is 0 Å². The summed E-state index contributed by atoms with van der Waals surface area (Å²) >= 11 is 6.15.